The SMILES string of the molecule is CCC(CSC)N(C)c1cccc(F)c1CO. The summed E-state index contributed by atoms with van der Waals surface area (Å²) < 4.78 is 13.6. The van der Waals surface area contributed by atoms with Gasteiger partial charge in [-0.05, 0) is 24.8 Å². The van der Waals surface area contributed by atoms with Crippen LogP contribution in [0.25, 0.3) is 0 Å². The summed E-state index contributed by atoms with van der Waals surface area (Å²) in [6.45, 7) is 1.86. The highest BCUT2D eigenvalue weighted by Gasteiger charge is 2.17. The number of thioether (sulfide) groups is 1. The average molecular weight is 257 g/mol. The van der Waals surface area contributed by atoms with E-state index in [1.54, 1.807) is 17.8 Å². The van der Waals surface area contributed by atoms with Crippen molar-refractivity contribution < 1.29 is 9.50 Å². The molecule has 0 radical (unpaired) electrons. The van der Waals surface area contributed by atoms with E-state index in [4.69, 9.17) is 0 Å². The normalized spacial score (nSPS) is 12.5. The molecule has 1 aromatic carbocycles. The summed E-state index contributed by atoms with van der Waals surface area (Å²) in [5.41, 5.74) is 1.17. The van der Waals surface area contributed by atoms with Gasteiger partial charge in [0.25, 0.3) is 0 Å². The van der Waals surface area contributed by atoms with Gasteiger partial charge in [0, 0.05) is 30.1 Å². The number of hydrogen-bond acceptors (Lipinski definition) is 3. The van der Waals surface area contributed by atoms with Crippen molar-refractivity contribution in [2.24, 2.45) is 0 Å². The summed E-state index contributed by atoms with van der Waals surface area (Å²) in [7, 11) is 1.96. The molecule has 0 fully saturated rings. The topological polar surface area (TPSA) is 23.5 Å². The quantitative estimate of drug-likeness (QED) is 0.847. The molecule has 1 rings (SSSR count). The van der Waals surface area contributed by atoms with E-state index in [9.17, 15) is 9.50 Å². The fourth-order valence-corrected chi connectivity index (χ4v) is 2.77. The zero-order valence-corrected chi connectivity index (χ0v) is 11.4. The van der Waals surface area contributed by atoms with E-state index in [0.717, 1.165) is 17.9 Å². The van der Waals surface area contributed by atoms with Gasteiger partial charge in [0.05, 0.1) is 6.61 Å². The Morgan fingerprint density at radius 1 is 1.47 bits per heavy atom. The van der Waals surface area contributed by atoms with Gasteiger partial charge in [-0.25, -0.2) is 4.39 Å². The first kappa shape index (κ1) is 14.3. The van der Waals surface area contributed by atoms with Crippen LogP contribution in [-0.4, -0.2) is 30.2 Å². The number of rotatable bonds is 6. The molecule has 0 aromatic heterocycles. The number of nitrogens with zero attached hydrogens (tertiary/aromatic N) is 1. The molecule has 0 bridgehead atoms. The summed E-state index contributed by atoms with van der Waals surface area (Å²) in [6, 6.07) is 5.29. The van der Waals surface area contributed by atoms with Crippen LogP contribution in [-0.2, 0) is 6.61 Å². The largest absolute Gasteiger partial charge is 0.391 e. The number of anilines is 1. The second-order valence-electron chi connectivity index (χ2n) is 4.02. The molecule has 1 atom stereocenters. The van der Waals surface area contributed by atoms with Gasteiger partial charge >= 0.3 is 0 Å². The molecule has 96 valence electrons. The third-order valence-electron chi connectivity index (χ3n) is 3.01. The molecule has 0 saturated carbocycles. The summed E-state index contributed by atoms with van der Waals surface area (Å²) in [4.78, 5) is 2.06. The standard InChI is InChI=1S/C13H20FNOS/c1-4-10(9-17-3)15(2)13-7-5-6-12(14)11(13)8-16/h5-7,10,16H,4,8-9H2,1-3H3. The number of benzene rings is 1. The lowest BCUT2D eigenvalue weighted by atomic mass is 10.1. The highest BCUT2D eigenvalue weighted by Crippen LogP contribution is 2.25. The van der Waals surface area contributed by atoms with Crippen LogP contribution in [0.2, 0.25) is 0 Å². The Bertz CT molecular complexity index is 359. The van der Waals surface area contributed by atoms with Crippen molar-refractivity contribution in [2.75, 3.05) is 24.0 Å². The van der Waals surface area contributed by atoms with Crippen LogP contribution in [0.1, 0.15) is 18.9 Å². The third kappa shape index (κ3) is 3.36. The van der Waals surface area contributed by atoms with Gasteiger partial charge in [-0.3, -0.25) is 0 Å². The minimum absolute atomic E-state index is 0.262. The van der Waals surface area contributed by atoms with E-state index >= 15 is 0 Å². The fraction of sp³-hybridized carbons (Fsp3) is 0.538. The number of hydrogen-bond donors (Lipinski definition) is 1. The summed E-state index contributed by atoms with van der Waals surface area (Å²) in [5.74, 6) is 0.657. The first-order valence-corrected chi connectivity index (χ1v) is 7.15. The Hall–Kier alpha value is -0.740. The van der Waals surface area contributed by atoms with Crippen LogP contribution in [0.15, 0.2) is 18.2 Å². The molecule has 0 saturated heterocycles. The highest BCUT2D eigenvalue weighted by molar-refractivity contribution is 7.98. The van der Waals surface area contributed by atoms with E-state index in [2.05, 4.69) is 18.1 Å². The number of aliphatic hydroxyl groups is 1. The monoisotopic (exact) mass is 257 g/mol. The number of halogens is 1. The van der Waals surface area contributed by atoms with Crippen molar-refractivity contribution in [1.82, 2.24) is 0 Å². The van der Waals surface area contributed by atoms with E-state index < -0.39 is 0 Å². The van der Waals surface area contributed by atoms with Crippen LogP contribution in [0.5, 0.6) is 0 Å². The van der Waals surface area contributed by atoms with Gasteiger partial charge in [0.15, 0.2) is 0 Å². The first-order chi connectivity index (χ1) is 8.15. The average Bonchev–Trinajstić information content (AvgIpc) is 2.34. The third-order valence-corrected chi connectivity index (χ3v) is 3.73. The Kier molecular flexibility index (Phi) is 5.78. The maximum atomic E-state index is 13.6. The zero-order chi connectivity index (χ0) is 12.8. The lowest BCUT2D eigenvalue weighted by molar-refractivity contribution is 0.276. The van der Waals surface area contributed by atoms with E-state index in [-0.39, 0.29) is 12.4 Å². The summed E-state index contributed by atoms with van der Waals surface area (Å²) in [5, 5.41) is 9.26. The second kappa shape index (κ2) is 6.87. The van der Waals surface area contributed by atoms with Gasteiger partial charge in [0.2, 0.25) is 0 Å². The molecule has 0 aliphatic carbocycles. The lowest BCUT2D eigenvalue weighted by Gasteiger charge is -2.30. The van der Waals surface area contributed by atoms with E-state index in [1.807, 2.05) is 13.1 Å². The molecule has 2 nitrogen and oxygen atoms in total. The minimum Gasteiger partial charge on any atom is -0.391 e. The van der Waals surface area contributed by atoms with Crippen LogP contribution in [0.4, 0.5) is 10.1 Å². The van der Waals surface area contributed by atoms with Gasteiger partial charge in [0.1, 0.15) is 5.82 Å². The molecule has 0 heterocycles. The first-order valence-electron chi connectivity index (χ1n) is 5.75. The van der Waals surface area contributed by atoms with Gasteiger partial charge in [-0.2, -0.15) is 11.8 Å². The second-order valence-corrected chi connectivity index (χ2v) is 4.93. The van der Waals surface area contributed by atoms with Crippen LogP contribution in [0.3, 0.4) is 0 Å². The smallest absolute Gasteiger partial charge is 0.130 e. The van der Waals surface area contributed by atoms with Crippen molar-refractivity contribution in [3.05, 3.63) is 29.6 Å². The maximum absolute atomic E-state index is 13.6. The maximum Gasteiger partial charge on any atom is 0.130 e. The van der Waals surface area contributed by atoms with Crippen LogP contribution in [0, 0.1) is 5.82 Å². The van der Waals surface area contributed by atoms with Gasteiger partial charge in [-0.1, -0.05) is 13.0 Å². The molecule has 0 aliphatic rings. The van der Waals surface area contributed by atoms with Crippen LogP contribution >= 0.6 is 11.8 Å². The zero-order valence-electron chi connectivity index (χ0n) is 10.6. The van der Waals surface area contributed by atoms with Crippen molar-refractivity contribution in [3.63, 3.8) is 0 Å². The summed E-state index contributed by atoms with van der Waals surface area (Å²) >= 11 is 1.78. The lowest BCUT2D eigenvalue weighted by Crippen LogP contribution is -2.34. The molecule has 4 heteroatoms. The number of aliphatic hydroxyl groups excluding tert-OH is 1. The molecule has 1 aromatic rings. The molecule has 0 amide bonds. The molecule has 0 spiro atoms. The van der Waals surface area contributed by atoms with Crippen LogP contribution < -0.4 is 4.90 Å². The predicted molar refractivity (Wildman–Crippen MR) is 73.2 cm³/mol. The van der Waals surface area contributed by atoms with E-state index in [0.29, 0.717) is 11.6 Å². The molecule has 0 aliphatic heterocycles. The molecule has 1 unspecified atom stereocenters. The Labute approximate surface area is 107 Å². The Morgan fingerprint density at radius 2 is 2.18 bits per heavy atom. The molecular formula is C13H20FNOS. The van der Waals surface area contributed by atoms with Crippen molar-refractivity contribution >= 4 is 17.4 Å². The van der Waals surface area contributed by atoms with Gasteiger partial charge < -0.3 is 10.0 Å². The highest BCUT2D eigenvalue weighted by atomic mass is 32.2. The predicted octanol–water partition coefficient (Wildman–Crippen LogP) is 2.90. The van der Waals surface area contributed by atoms with Crippen molar-refractivity contribution in [3.8, 4) is 0 Å². The minimum atomic E-state index is -0.337. The summed E-state index contributed by atoms with van der Waals surface area (Å²) in [6.07, 6.45) is 3.06. The fourth-order valence-electron chi connectivity index (χ4n) is 1.93. The molecule has 17 heavy (non-hydrogen) atoms. The van der Waals surface area contributed by atoms with Crippen molar-refractivity contribution in [1.29, 1.82) is 0 Å². The molecular weight excluding hydrogens is 237 g/mol. The molecule has 1 N–H and O–H groups in total. The Morgan fingerprint density at radius 3 is 2.71 bits per heavy atom. The Balaban J connectivity index is 3.01. The van der Waals surface area contributed by atoms with E-state index in [1.165, 1.54) is 6.07 Å². The van der Waals surface area contributed by atoms with Gasteiger partial charge in [-0.15, -0.1) is 0 Å². The van der Waals surface area contributed by atoms with Crippen molar-refractivity contribution in [2.45, 2.75) is 26.0 Å².